The van der Waals surface area contributed by atoms with Gasteiger partial charge >= 0.3 is 0 Å². The first-order valence-electron chi connectivity index (χ1n) is 9.26. The summed E-state index contributed by atoms with van der Waals surface area (Å²) in [5, 5.41) is 12.4. The molecule has 1 N–H and O–H groups in total. The molecule has 0 aliphatic heterocycles. The lowest BCUT2D eigenvalue weighted by atomic mass is 9.78. The highest BCUT2D eigenvalue weighted by Crippen LogP contribution is 2.42. The molecule has 3 rings (SSSR count). The molecule has 0 bridgehead atoms. The van der Waals surface area contributed by atoms with Crippen LogP contribution in [0.2, 0.25) is 0 Å². The van der Waals surface area contributed by atoms with Crippen molar-refractivity contribution in [2.75, 3.05) is 19.0 Å². The maximum absolute atomic E-state index is 13.3. The molecule has 0 unspecified atom stereocenters. The lowest BCUT2D eigenvalue weighted by Crippen LogP contribution is -2.38. The average molecular weight is 364 g/mol. The predicted molar refractivity (Wildman–Crippen MR) is 104 cm³/mol. The van der Waals surface area contributed by atoms with Crippen molar-refractivity contribution in [2.24, 2.45) is 0 Å². The largest absolute Gasteiger partial charge is 0.497 e. The zero-order valence-electron chi connectivity index (χ0n) is 15.7. The van der Waals surface area contributed by atoms with E-state index in [1.807, 2.05) is 31.2 Å². The summed E-state index contributed by atoms with van der Waals surface area (Å²) in [7, 11) is 1.63. The van der Waals surface area contributed by atoms with Crippen LogP contribution in [0.1, 0.15) is 43.7 Å². The highest BCUT2D eigenvalue weighted by molar-refractivity contribution is 6.00. The average Bonchev–Trinajstić information content (AvgIpc) is 3.20. The Morgan fingerprint density at radius 2 is 1.81 bits per heavy atom. The van der Waals surface area contributed by atoms with Crippen molar-refractivity contribution in [2.45, 2.75) is 38.0 Å². The van der Waals surface area contributed by atoms with E-state index >= 15 is 0 Å². The first-order chi connectivity index (χ1) is 13.1. The lowest BCUT2D eigenvalue weighted by molar-refractivity contribution is -0.121. The van der Waals surface area contributed by atoms with Crippen molar-refractivity contribution in [3.05, 3.63) is 53.6 Å². The fourth-order valence-electron chi connectivity index (χ4n) is 3.76. The van der Waals surface area contributed by atoms with E-state index in [0.717, 1.165) is 37.0 Å². The zero-order valence-corrected chi connectivity index (χ0v) is 15.7. The molecule has 140 valence electrons. The van der Waals surface area contributed by atoms with Crippen LogP contribution >= 0.6 is 0 Å². The Morgan fingerprint density at radius 3 is 2.41 bits per heavy atom. The quantitative estimate of drug-likeness (QED) is 0.824. The summed E-state index contributed by atoms with van der Waals surface area (Å²) >= 11 is 0. The fourth-order valence-corrected chi connectivity index (χ4v) is 3.76. The van der Waals surface area contributed by atoms with Crippen LogP contribution in [-0.2, 0) is 10.2 Å². The maximum Gasteiger partial charge on any atom is 0.235 e. The number of benzene rings is 2. The molecule has 5 heteroatoms. The summed E-state index contributed by atoms with van der Waals surface area (Å²) in [6, 6.07) is 15.0. The van der Waals surface area contributed by atoms with Gasteiger partial charge in [-0.05, 0) is 55.7 Å². The van der Waals surface area contributed by atoms with E-state index < -0.39 is 5.41 Å². The van der Waals surface area contributed by atoms with Crippen molar-refractivity contribution in [1.29, 1.82) is 5.26 Å². The number of nitrogens with one attached hydrogen (secondary N) is 1. The molecule has 0 heterocycles. The normalized spacial score (nSPS) is 15.0. The molecule has 1 saturated carbocycles. The van der Waals surface area contributed by atoms with Crippen molar-refractivity contribution < 1.29 is 14.3 Å². The molecule has 0 radical (unpaired) electrons. The minimum Gasteiger partial charge on any atom is -0.497 e. The highest BCUT2D eigenvalue weighted by Gasteiger charge is 2.42. The Labute approximate surface area is 159 Å². The molecule has 1 aliphatic rings. The first-order valence-corrected chi connectivity index (χ1v) is 9.26. The predicted octanol–water partition coefficient (Wildman–Crippen LogP) is 4.42. The third kappa shape index (κ3) is 3.75. The van der Waals surface area contributed by atoms with Crippen molar-refractivity contribution in [1.82, 2.24) is 0 Å². The van der Waals surface area contributed by atoms with E-state index in [1.54, 1.807) is 25.3 Å². The molecule has 1 amide bonds. The number of ether oxygens (including phenoxy) is 2. The van der Waals surface area contributed by atoms with Gasteiger partial charge < -0.3 is 14.8 Å². The minimum absolute atomic E-state index is 0.0640. The number of hydrogen-bond donors (Lipinski definition) is 1. The van der Waals surface area contributed by atoms with Crippen LogP contribution in [0.4, 0.5) is 5.69 Å². The number of rotatable bonds is 6. The van der Waals surface area contributed by atoms with Gasteiger partial charge in [0, 0.05) is 0 Å². The van der Waals surface area contributed by atoms with E-state index in [-0.39, 0.29) is 5.91 Å². The van der Waals surface area contributed by atoms with Gasteiger partial charge in [0.2, 0.25) is 5.91 Å². The number of amides is 1. The van der Waals surface area contributed by atoms with Crippen molar-refractivity contribution in [3.63, 3.8) is 0 Å². The van der Waals surface area contributed by atoms with Crippen LogP contribution in [0.3, 0.4) is 0 Å². The topological polar surface area (TPSA) is 71.3 Å². The number of hydrogen-bond acceptors (Lipinski definition) is 4. The smallest absolute Gasteiger partial charge is 0.235 e. The van der Waals surface area contributed by atoms with Crippen molar-refractivity contribution in [3.8, 4) is 17.6 Å². The summed E-state index contributed by atoms with van der Waals surface area (Å²) in [5.74, 6) is 1.33. The Bertz CT molecular complexity index is 847. The molecule has 5 nitrogen and oxygen atoms in total. The molecule has 2 aromatic carbocycles. The van der Waals surface area contributed by atoms with Crippen molar-refractivity contribution >= 4 is 11.6 Å². The number of methoxy groups -OCH3 is 1. The molecule has 0 atom stereocenters. The van der Waals surface area contributed by atoms with E-state index in [4.69, 9.17) is 9.47 Å². The molecule has 2 aromatic rings. The molecular formula is C22H24N2O3. The van der Waals surface area contributed by atoms with Gasteiger partial charge in [0.1, 0.15) is 17.6 Å². The summed E-state index contributed by atoms with van der Waals surface area (Å²) in [4.78, 5) is 13.3. The summed E-state index contributed by atoms with van der Waals surface area (Å²) < 4.78 is 10.7. The number of carbonyl (C=O) groups is 1. The second-order valence-electron chi connectivity index (χ2n) is 6.72. The number of anilines is 1. The third-order valence-electron chi connectivity index (χ3n) is 5.21. The molecular weight excluding hydrogens is 340 g/mol. The standard InChI is InChI=1S/C22H24N2O3/c1-3-27-19-10-11-20(16(14-19)15-23)24-21(25)22(12-4-5-13-22)17-6-8-18(26-2)9-7-17/h6-11,14H,3-5,12-13H2,1-2H3,(H,24,25). The van der Waals surface area contributed by atoms with Gasteiger partial charge in [-0.2, -0.15) is 5.26 Å². The van der Waals surface area contributed by atoms with Gasteiger partial charge in [-0.1, -0.05) is 25.0 Å². The van der Waals surface area contributed by atoms with Crippen LogP contribution in [-0.4, -0.2) is 19.6 Å². The molecule has 0 aromatic heterocycles. The van der Waals surface area contributed by atoms with Gasteiger partial charge in [-0.3, -0.25) is 4.79 Å². The Hall–Kier alpha value is -3.00. The summed E-state index contributed by atoms with van der Waals surface area (Å²) in [5.41, 5.74) is 1.34. The second-order valence-corrected chi connectivity index (χ2v) is 6.72. The molecule has 1 fully saturated rings. The highest BCUT2D eigenvalue weighted by atomic mass is 16.5. The second kappa shape index (κ2) is 8.13. The van der Waals surface area contributed by atoms with Gasteiger partial charge in [0.25, 0.3) is 0 Å². The number of nitrogens with zero attached hydrogens (tertiary/aromatic N) is 1. The minimum atomic E-state index is -0.572. The third-order valence-corrected chi connectivity index (χ3v) is 5.21. The monoisotopic (exact) mass is 364 g/mol. The zero-order chi connectivity index (χ0) is 19.3. The van der Waals surface area contributed by atoms with Crippen LogP contribution in [0.5, 0.6) is 11.5 Å². The van der Waals surface area contributed by atoms with E-state index in [9.17, 15) is 10.1 Å². The Morgan fingerprint density at radius 1 is 1.15 bits per heavy atom. The molecule has 0 saturated heterocycles. The van der Waals surface area contributed by atoms with E-state index in [2.05, 4.69) is 11.4 Å². The van der Waals surface area contributed by atoms with Crippen LogP contribution in [0.25, 0.3) is 0 Å². The molecule has 1 aliphatic carbocycles. The SMILES string of the molecule is CCOc1ccc(NC(=O)C2(c3ccc(OC)cc3)CCCC2)c(C#N)c1. The summed E-state index contributed by atoms with van der Waals surface area (Å²) in [6.45, 7) is 2.41. The Kier molecular flexibility index (Phi) is 5.66. The van der Waals surface area contributed by atoms with E-state index in [1.165, 1.54) is 0 Å². The van der Waals surface area contributed by atoms with Gasteiger partial charge in [0.15, 0.2) is 0 Å². The van der Waals surface area contributed by atoms with Crippen LogP contribution in [0.15, 0.2) is 42.5 Å². The fraction of sp³-hybridized carbons (Fsp3) is 0.364. The molecule has 0 spiro atoms. The number of carbonyl (C=O) groups excluding carboxylic acids is 1. The Balaban J connectivity index is 1.89. The van der Waals surface area contributed by atoms with Crippen LogP contribution < -0.4 is 14.8 Å². The lowest BCUT2D eigenvalue weighted by Gasteiger charge is -2.28. The van der Waals surface area contributed by atoms with E-state index in [0.29, 0.717) is 23.6 Å². The van der Waals surface area contributed by atoms with Gasteiger partial charge in [0.05, 0.1) is 30.4 Å². The molecule has 27 heavy (non-hydrogen) atoms. The van der Waals surface area contributed by atoms with Gasteiger partial charge in [-0.25, -0.2) is 0 Å². The van der Waals surface area contributed by atoms with Gasteiger partial charge in [-0.15, -0.1) is 0 Å². The van der Waals surface area contributed by atoms with Crippen LogP contribution in [0, 0.1) is 11.3 Å². The number of nitriles is 1. The first kappa shape index (κ1) is 18.8. The maximum atomic E-state index is 13.3. The summed E-state index contributed by atoms with van der Waals surface area (Å²) in [6.07, 6.45) is 3.61.